The smallest absolute Gasteiger partial charge is 0.166 e. The highest BCUT2D eigenvalue weighted by Gasteiger charge is 2.21. The Morgan fingerprint density at radius 2 is 2.00 bits per heavy atom. The third-order valence-electron chi connectivity index (χ3n) is 3.06. The third kappa shape index (κ3) is 2.83. The molecule has 0 saturated carbocycles. The number of aromatic nitrogens is 3. The largest absolute Gasteiger partial charge is 0.369 e. The highest BCUT2D eigenvalue weighted by Crippen LogP contribution is 2.24. The quantitative estimate of drug-likeness (QED) is 0.861. The number of hydrogen-bond donors (Lipinski definition) is 1. The molecule has 0 radical (unpaired) electrons. The second-order valence-corrected chi connectivity index (χ2v) is 4.36. The van der Waals surface area contributed by atoms with Crippen LogP contribution in [0.3, 0.4) is 0 Å². The Hall–Kier alpha value is -1.72. The summed E-state index contributed by atoms with van der Waals surface area (Å²) in [6.07, 6.45) is 0.795. The Morgan fingerprint density at radius 1 is 1.26 bits per heavy atom. The molecule has 0 fully saturated rings. The van der Waals surface area contributed by atoms with Gasteiger partial charge in [0.05, 0.1) is 6.54 Å². The SMILES string of the molecule is CCCn1c(CN)nnc1C(OC)c1ccccc1. The maximum atomic E-state index is 5.71. The van der Waals surface area contributed by atoms with Crippen LogP contribution in [0.4, 0.5) is 0 Å². The molecule has 2 N–H and O–H groups in total. The van der Waals surface area contributed by atoms with Crippen LogP contribution in [-0.4, -0.2) is 21.9 Å². The van der Waals surface area contributed by atoms with Crippen LogP contribution < -0.4 is 5.73 Å². The zero-order valence-electron chi connectivity index (χ0n) is 11.4. The average molecular weight is 260 g/mol. The van der Waals surface area contributed by atoms with E-state index in [0.717, 1.165) is 30.2 Å². The minimum absolute atomic E-state index is 0.208. The van der Waals surface area contributed by atoms with E-state index in [0.29, 0.717) is 6.54 Å². The van der Waals surface area contributed by atoms with E-state index in [1.54, 1.807) is 7.11 Å². The lowest BCUT2D eigenvalue weighted by molar-refractivity contribution is 0.125. The van der Waals surface area contributed by atoms with Crippen molar-refractivity contribution in [1.29, 1.82) is 0 Å². The van der Waals surface area contributed by atoms with Gasteiger partial charge in [0.15, 0.2) is 5.82 Å². The summed E-state index contributed by atoms with van der Waals surface area (Å²) >= 11 is 0. The topological polar surface area (TPSA) is 66.0 Å². The molecule has 1 heterocycles. The van der Waals surface area contributed by atoms with Crippen molar-refractivity contribution in [2.24, 2.45) is 5.73 Å². The van der Waals surface area contributed by atoms with Crippen molar-refractivity contribution in [2.45, 2.75) is 32.5 Å². The summed E-state index contributed by atoms with van der Waals surface area (Å²) in [6, 6.07) is 10.0. The van der Waals surface area contributed by atoms with Crippen LogP contribution in [0.15, 0.2) is 30.3 Å². The van der Waals surface area contributed by atoms with E-state index in [1.807, 2.05) is 30.3 Å². The highest BCUT2D eigenvalue weighted by atomic mass is 16.5. The molecule has 5 heteroatoms. The molecule has 0 saturated heterocycles. The van der Waals surface area contributed by atoms with Crippen LogP contribution in [0.2, 0.25) is 0 Å². The Morgan fingerprint density at radius 3 is 2.58 bits per heavy atom. The number of rotatable bonds is 6. The van der Waals surface area contributed by atoms with Gasteiger partial charge in [0.2, 0.25) is 0 Å². The third-order valence-corrected chi connectivity index (χ3v) is 3.06. The summed E-state index contributed by atoms with van der Waals surface area (Å²) < 4.78 is 7.66. The fraction of sp³-hybridized carbons (Fsp3) is 0.429. The average Bonchev–Trinajstić information content (AvgIpc) is 2.85. The summed E-state index contributed by atoms with van der Waals surface area (Å²) in [7, 11) is 1.69. The maximum Gasteiger partial charge on any atom is 0.166 e. The van der Waals surface area contributed by atoms with Gasteiger partial charge in [-0.3, -0.25) is 0 Å². The zero-order valence-corrected chi connectivity index (χ0v) is 11.4. The minimum atomic E-state index is -0.208. The molecular formula is C14H20N4O. The van der Waals surface area contributed by atoms with Crippen LogP contribution in [0.1, 0.15) is 36.7 Å². The molecular weight excluding hydrogens is 240 g/mol. The van der Waals surface area contributed by atoms with E-state index in [2.05, 4.69) is 21.7 Å². The molecule has 0 aliphatic carbocycles. The standard InChI is InChI=1S/C14H20N4O/c1-3-9-18-12(10-15)16-17-14(18)13(19-2)11-7-5-4-6-8-11/h4-8,13H,3,9-10,15H2,1-2H3. The first kappa shape index (κ1) is 13.7. The lowest BCUT2D eigenvalue weighted by Gasteiger charge is -2.17. The van der Waals surface area contributed by atoms with Gasteiger partial charge in [0, 0.05) is 13.7 Å². The first-order valence-electron chi connectivity index (χ1n) is 6.51. The Labute approximate surface area is 113 Å². The summed E-state index contributed by atoms with van der Waals surface area (Å²) in [6.45, 7) is 3.36. The molecule has 102 valence electrons. The Kier molecular flexibility index (Phi) is 4.65. The summed E-state index contributed by atoms with van der Waals surface area (Å²) in [5.41, 5.74) is 6.78. The monoisotopic (exact) mass is 260 g/mol. The van der Waals surface area contributed by atoms with Crippen molar-refractivity contribution in [2.75, 3.05) is 7.11 Å². The highest BCUT2D eigenvalue weighted by molar-refractivity contribution is 5.23. The van der Waals surface area contributed by atoms with Crippen LogP contribution in [-0.2, 0) is 17.8 Å². The normalized spacial score (nSPS) is 12.6. The molecule has 1 aromatic heterocycles. The molecule has 1 unspecified atom stereocenters. The van der Waals surface area contributed by atoms with Crippen molar-refractivity contribution in [3.63, 3.8) is 0 Å². The van der Waals surface area contributed by atoms with E-state index in [1.165, 1.54) is 0 Å². The first-order chi connectivity index (χ1) is 9.31. The molecule has 2 rings (SSSR count). The first-order valence-corrected chi connectivity index (χ1v) is 6.51. The van der Waals surface area contributed by atoms with E-state index < -0.39 is 0 Å². The van der Waals surface area contributed by atoms with Crippen LogP contribution in [0.5, 0.6) is 0 Å². The van der Waals surface area contributed by atoms with Gasteiger partial charge in [-0.2, -0.15) is 0 Å². The predicted molar refractivity (Wildman–Crippen MR) is 73.5 cm³/mol. The fourth-order valence-electron chi connectivity index (χ4n) is 2.18. The van der Waals surface area contributed by atoms with E-state index in [9.17, 15) is 0 Å². The van der Waals surface area contributed by atoms with E-state index in [4.69, 9.17) is 10.5 Å². The van der Waals surface area contributed by atoms with Crippen LogP contribution >= 0.6 is 0 Å². The molecule has 0 aliphatic rings. The molecule has 19 heavy (non-hydrogen) atoms. The summed E-state index contributed by atoms with van der Waals surface area (Å²) in [5, 5.41) is 8.42. The van der Waals surface area contributed by atoms with Gasteiger partial charge in [-0.25, -0.2) is 0 Å². The van der Waals surface area contributed by atoms with Crippen molar-refractivity contribution >= 4 is 0 Å². The van der Waals surface area contributed by atoms with Gasteiger partial charge in [-0.05, 0) is 12.0 Å². The number of nitrogens with zero attached hydrogens (tertiary/aromatic N) is 3. The van der Waals surface area contributed by atoms with Crippen molar-refractivity contribution in [3.8, 4) is 0 Å². The zero-order chi connectivity index (χ0) is 13.7. The Balaban J connectivity index is 2.41. The Bertz CT molecular complexity index is 509. The lowest BCUT2D eigenvalue weighted by Crippen LogP contribution is -2.15. The van der Waals surface area contributed by atoms with E-state index in [-0.39, 0.29) is 6.10 Å². The van der Waals surface area contributed by atoms with Crippen molar-refractivity contribution in [1.82, 2.24) is 14.8 Å². The number of methoxy groups -OCH3 is 1. The van der Waals surface area contributed by atoms with E-state index >= 15 is 0 Å². The van der Waals surface area contributed by atoms with Crippen LogP contribution in [0.25, 0.3) is 0 Å². The molecule has 1 aromatic carbocycles. The summed E-state index contributed by atoms with van der Waals surface area (Å²) in [5.74, 6) is 1.62. The van der Waals surface area contributed by atoms with Gasteiger partial charge in [0.1, 0.15) is 11.9 Å². The number of nitrogens with two attached hydrogens (primary N) is 1. The molecule has 5 nitrogen and oxygen atoms in total. The molecule has 2 aromatic rings. The molecule has 0 spiro atoms. The molecule has 0 amide bonds. The van der Waals surface area contributed by atoms with Crippen molar-refractivity contribution in [3.05, 3.63) is 47.5 Å². The van der Waals surface area contributed by atoms with Gasteiger partial charge in [-0.15, -0.1) is 10.2 Å². The van der Waals surface area contributed by atoms with Crippen molar-refractivity contribution < 1.29 is 4.74 Å². The predicted octanol–water partition coefficient (Wildman–Crippen LogP) is 1.88. The number of hydrogen-bond acceptors (Lipinski definition) is 4. The fourth-order valence-corrected chi connectivity index (χ4v) is 2.18. The second-order valence-electron chi connectivity index (χ2n) is 4.36. The van der Waals surface area contributed by atoms with Gasteiger partial charge >= 0.3 is 0 Å². The van der Waals surface area contributed by atoms with Gasteiger partial charge in [0.25, 0.3) is 0 Å². The van der Waals surface area contributed by atoms with Gasteiger partial charge < -0.3 is 15.0 Å². The second kappa shape index (κ2) is 6.45. The molecule has 1 atom stereocenters. The molecule has 0 aliphatic heterocycles. The maximum absolute atomic E-state index is 5.71. The minimum Gasteiger partial charge on any atom is -0.369 e. The number of benzene rings is 1. The summed E-state index contributed by atoms with van der Waals surface area (Å²) in [4.78, 5) is 0. The van der Waals surface area contributed by atoms with Crippen LogP contribution in [0, 0.1) is 0 Å². The molecule has 0 bridgehead atoms. The lowest BCUT2D eigenvalue weighted by atomic mass is 10.1. The van der Waals surface area contributed by atoms with Gasteiger partial charge in [-0.1, -0.05) is 37.3 Å². The number of ether oxygens (including phenoxy) is 1.